The molecule has 0 spiro atoms. The van der Waals surface area contributed by atoms with Gasteiger partial charge in [0.1, 0.15) is 5.78 Å². The normalized spacial score (nSPS) is 10.2. The fourth-order valence-corrected chi connectivity index (χ4v) is 2.26. The molecule has 0 saturated heterocycles. The predicted molar refractivity (Wildman–Crippen MR) is 53.6 cm³/mol. The molecule has 4 heteroatoms. The highest BCUT2D eigenvalue weighted by atomic mass is 79.9. The van der Waals surface area contributed by atoms with Crippen LogP contribution in [0.4, 0.5) is 0 Å². The third-order valence-corrected chi connectivity index (χ3v) is 3.54. The van der Waals surface area contributed by atoms with Gasteiger partial charge in [-0.25, -0.2) is 4.98 Å². The fraction of sp³-hybridized carbons (Fsp3) is 0.500. The maximum absolute atomic E-state index is 10.7. The number of rotatable bonds is 3. The minimum atomic E-state index is 0.221. The van der Waals surface area contributed by atoms with Crippen LogP contribution in [0.15, 0.2) is 3.79 Å². The molecule has 0 saturated carbocycles. The van der Waals surface area contributed by atoms with E-state index in [-0.39, 0.29) is 5.78 Å². The number of ketones is 1. The van der Waals surface area contributed by atoms with Crippen LogP contribution < -0.4 is 0 Å². The Hall–Kier alpha value is -0.220. The second-order valence-electron chi connectivity index (χ2n) is 2.67. The first-order chi connectivity index (χ1) is 5.59. The Morgan fingerprint density at radius 2 is 2.33 bits per heavy atom. The van der Waals surface area contributed by atoms with Crippen molar-refractivity contribution in [1.82, 2.24) is 4.98 Å². The zero-order valence-electron chi connectivity index (χ0n) is 7.06. The molecule has 0 aliphatic rings. The Morgan fingerprint density at radius 1 is 1.67 bits per heavy atom. The number of nitrogens with zero attached hydrogens (tertiary/aromatic N) is 1. The first kappa shape index (κ1) is 9.86. The van der Waals surface area contributed by atoms with Crippen LogP contribution in [0, 0.1) is 6.92 Å². The van der Waals surface area contributed by atoms with Crippen LogP contribution >= 0.6 is 27.3 Å². The Labute approximate surface area is 84.1 Å². The Morgan fingerprint density at radius 3 is 2.75 bits per heavy atom. The van der Waals surface area contributed by atoms with Gasteiger partial charge in [-0.05, 0) is 29.8 Å². The second kappa shape index (κ2) is 4.14. The summed E-state index contributed by atoms with van der Waals surface area (Å²) >= 11 is 5.00. The number of aryl methyl sites for hydroxylation is 2. The van der Waals surface area contributed by atoms with Crippen LogP contribution in [0.5, 0.6) is 0 Å². The van der Waals surface area contributed by atoms with E-state index in [4.69, 9.17) is 0 Å². The molecule has 66 valence electrons. The van der Waals surface area contributed by atoms with E-state index >= 15 is 0 Å². The average molecular weight is 248 g/mol. The number of aromatic nitrogens is 1. The number of hydrogen-bond donors (Lipinski definition) is 0. The Bertz CT molecular complexity index is 276. The van der Waals surface area contributed by atoms with Gasteiger partial charge in [0.05, 0.1) is 14.5 Å². The van der Waals surface area contributed by atoms with E-state index in [0.29, 0.717) is 6.42 Å². The topological polar surface area (TPSA) is 30.0 Å². The molecule has 0 aromatic carbocycles. The van der Waals surface area contributed by atoms with E-state index in [1.165, 1.54) is 0 Å². The molecule has 1 aromatic rings. The summed E-state index contributed by atoms with van der Waals surface area (Å²) in [6.45, 7) is 3.56. The molecule has 0 radical (unpaired) electrons. The SMILES string of the molecule is CC(=O)CCc1nc(C)c(Br)s1. The van der Waals surface area contributed by atoms with Crippen LogP contribution in [0.1, 0.15) is 24.0 Å². The predicted octanol–water partition coefficient (Wildman–Crippen LogP) is 2.74. The van der Waals surface area contributed by atoms with Crippen molar-refractivity contribution in [1.29, 1.82) is 0 Å². The third kappa shape index (κ3) is 2.68. The van der Waals surface area contributed by atoms with Crippen molar-refractivity contribution in [2.24, 2.45) is 0 Å². The number of carbonyl (C=O) groups is 1. The van der Waals surface area contributed by atoms with E-state index in [0.717, 1.165) is 20.9 Å². The van der Waals surface area contributed by atoms with Crippen molar-refractivity contribution in [2.45, 2.75) is 26.7 Å². The number of halogens is 1. The molecule has 0 aliphatic carbocycles. The number of Topliss-reactive ketones (excluding diaryl/α,β-unsaturated/α-hetero) is 1. The molecule has 0 unspecified atom stereocenters. The zero-order valence-corrected chi connectivity index (χ0v) is 9.46. The molecule has 1 heterocycles. The van der Waals surface area contributed by atoms with Gasteiger partial charge in [0.15, 0.2) is 0 Å². The summed E-state index contributed by atoms with van der Waals surface area (Å²) in [6, 6.07) is 0. The molecule has 0 aliphatic heterocycles. The molecule has 0 amide bonds. The van der Waals surface area contributed by atoms with E-state index in [1.54, 1.807) is 18.3 Å². The molecule has 0 fully saturated rings. The van der Waals surface area contributed by atoms with Gasteiger partial charge in [0, 0.05) is 12.8 Å². The van der Waals surface area contributed by atoms with Gasteiger partial charge < -0.3 is 4.79 Å². The van der Waals surface area contributed by atoms with Crippen LogP contribution in [0.25, 0.3) is 0 Å². The van der Waals surface area contributed by atoms with Crippen molar-refractivity contribution < 1.29 is 4.79 Å². The maximum Gasteiger partial charge on any atom is 0.130 e. The fourth-order valence-electron chi connectivity index (χ4n) is 0.821. The highest BCUT2D eigenvalue weighted by Gasteiger charge is 2.05. The lowest BCUT2D eigenvalue weighted by Crippen LogP contribution is -1.93. The second-order valence-corrected chi connectivity index (χ2v) is 5.07. The molecule has 12 heavy (non-hydrogen) atoms. The summed E-state index contributed by atoms with van der Waals surface area (Å²) in [6.07, 6.45) is 1.37. The first-order valence-corrected chi connectivity index (χ1v) is 5.32. The summed E-state index contributed by atoms with van der Waals surface area (Å²) in [5.74, 6) is 0.221. The van der Waals surface area contributed by atoms with E-state index in [2.05, 4.69) is 20.9 Å². The summed E-state index contributed by atoms with van der Waals surface area (Å²) in [7, 11) is 0. The monoisotopic (exact) mass is 247 g/mol. The van der Waals surface area contributed by atoms with Gasteiger partial charge in [-0.15, -0.1) is 11.3 Å². The molecule has 0 atom stereocenters. The molecule has 2 nitrogen and oxygen atoms in total. The van der Waals surface area contributed by atoms with Gasteiger partial charge in [-0.3, -0.25) is 0 Å². The van der Waals surface area contributed by atoms with Crippen LogP contribution in [-0.2, 0) is 11.2 Å². The minimum Gasteiger partial charge on any atom is -0.300 e. The lowest BCUT2D eigenvalue weighted by atomic mass is 10.2. The molecule has 0 N–H and O–H groups in total. The van der Waals surface area contributed by atoms with Crippen LogP contribution in [0.3, 0.4) is 0 Å². The summed E-state index contributed by atoms with van der Waals surface area (Å²) in [5, 5.41) is 1.04. The highest BCUT2D eigenvalue weighted by molar-refractivity contribution is 9.11. The maximum atomic E-state index is 10.7. The van der Waals surface area contributed by atoms with Crippen LogP contribution in [-0.4, -0.2) is 10.8 Å². The third-order valence-electron chi connectivity index (χ3n) is 1.48. The van der Waals surface area contributed by atoms with E-state index in [1.807, 2.05) is 6.92 Å². The van der Waals surface area contributed by atoms with Gasteiger partial charge in [-0.2, -0.15) is 0 Å². The van der Waals surface area contributed by atoms with Gasteiger partial charge in [0.2, 0.25) is 0 Å². The van der Waals surface area contributed by atoms with Gasteiger partial charge >= 0.3 is 0 Å². The highest BCUT2D eigenvalue weighted by Crippen LogP contribution is 2.24. The number of carbonyl (C=O) groups excluding carboxylic acids is 1. The average Bonchev–Trinajstić information content (AvgIpc) is 2.28. The Kier molecular flexibility index (Phi) is 3.40. The first-order valence-electron chi connectivity index (χ1n) is 3.71. The molecule has 0 bridgehead atoms. The number of thiazole rings is 1. The van der Waals surface area contributed by atoms with Crippen molar-refractivity contribution >= 4 is 33.0 Å². The number of hydrogen-bond acceptors (Lipinski definition) is 3. The molecular weight excluding hydrogens is 238 g/mol. The molecular formula is C8H10BrNOS. The molecule has 1 rings (SSSR count). The van der Waals surface area contributed by atoms with Crippen molar-refractivity contribution in [2.75, 3.05) is 0 Å². The quantitative estimate of drug-likeness (QED) is 0.823. The van der Waals surface area contributed by atoms with Crippen molar-refractivity contribution in [3.05, 3.63) is 14.5 Å². The lowest BCUT2D eigenvalue weighted by molar-refractivity contribution is -0.116. The van der Waals surface area contributed by atoms with E-state index < -0.39 is 0 Å². The van der Waals surface area contributed by atoms with Crippen molar-refractivity contribution in [3.8, 4) is 0 Å². The standard InChI is InChI=1S/C8H10BrNOS/c1-5(11)3-4-7-10-6(2)8(9)12-7/h3-4H2,1-2H3. The lowest BCUT2D eigenvalue weighted by Gasteiger charge is -1.89. The van der Waals surface area contributed by atoms with Gasteiger partial charge in [-0.1, -0.05) is 0 Å². The van der Waals surface area contributed by atoms with E-state index in [9.17, 15) is 4.79 Å². The summed E-state index contributed by atoms with van der Waals surface area (Å²) in [4.78, 5) is 15.0. The minimum absolute atomic E-state index is 0.221. The Balaban J connectivity index is 2.58. The zero-order chi connectivity index (χ0) is 9.14. The molecule has 1 aromatic heterocycles. The van der Waals surface area contributed by atoms with Gasteiger partial charge in [0.25, 0.3) is 0 Å². The summed E-state index contributed by atoms with van der Waals surface area (Å²) in [5.41, 5.74) is 1.01. The van der Waals surface area contributed by atoms with Crippen LogP contribution in [0.2, 0.25) is 0 Å². The largest absolute Gasteiger partial charge is 0.300 e. The van der Waals surface area contributed by atoms with Crippen molar-refractivity contribution in [3.63, 3.8) is 0 Å². The smallest absolute Gasteiger partial charge is 0.130 e. The summed E-state index contributed by atoms with van der Waals surface area (Å²) < 4.78 is 1.07.